The molecule has 3 aromatic rings. The molecule has 0 spiro atoms. The van der Waals surface area contributed by atoms with Crippen LogP contribution in [-0.2, 0) is 22.5 Å². The van der Waals surface area contributed by atoms with Crippen LogP contribution in [0.1, 0.15) is 43.0 Å². The van der Waals surface area contributed by atoms with Crippen LogP contribution < -0.4 is 14.5 Å². The number of hydrogen-bond acceptors (Lipinski definition) is 10. The van der Waals surface area contributed by atoms with Gasteiger partial charge < -0.3 is 24.2 Å². The summed E-state index contributed by atoms with van der Waals surface area (Å²) >= 11 is 4.70. The molecule has 1 amide bonds. The van der Waals surface area contributed by atoms with Crippen LogP contribution >= 0.6 is 12.6 Å². The normalized spacial score (nSPS) is 19.9. The number of thiol groups is 1. The van der Waals surface area contributed by atoms with Gasteiger partial charge in [-0.15, -0.1) is 12.6 Å². The van der Waals surface area contributed by atoms with Crippen LogP contribution in [0.4, 0.5) is 11.5 Å². The highest BCUT2D eigenvalue weighted by atomic mass is 32.1. The van der Waals surface area contributed by atoms with Crippen LogP contribution in [0.15, 0.2) is 43.2 Å². The van der Waals surface area contributed by atoms with E-state index in [1.54, 1.807) is 4.90 Å². The highest BCUT2D eigenvalue weighted by molar-refractivity contribution is 7.81. The summed E-state index contributed by atoms with van der Waals surface area (Å²) in [7, 11) is 0. The summed E-state index contributed by atoms with van der Waals surface area (Å²) in [5.74, 6) is 0.636. The van der Waals surface area contributed by atoms with E-state index in [9.17, 15) is 10.1 Å². The van der Waals surface area contributed by atoms with Gasteiger partial charge in [0.25, 0.3) is 0 Å². The number of rotatable bonds is 9. The lowest BCUT2D eigenvalue weighted by molar-refractivity contribution is -0.128. The maximum Gasteiger partial charge on any atom is 0.318 e. The molecule has 10 nitrogen and oxygen atoms in total. The number of aryl methyl sites for hydroxylation is 1. The van der Waals surface area contributed by atoms with Crippen molar-refractivity contribution in [1.29, 1.82) is 5.26 Å². The second-order valence-corrected chi connectivity index (χ2v) is 12.7. The van der Waals surface area contributed by atoms with Crippen LogP contribution in [0.25, 0.3) is 10.8 Å². The van der Waals surface area contributed by atoms with Gasteiger partial charge in [0.2, 0.25) is 5.91 Å². The highest BCUT2D eigenvalue weighted by Gasteiger charge is 2.35. The van der Waals surface area contributed by atoms with Gasteiger partial charge in [0.15, 0.2) is 0 Å². The Morgan fingerprint density at radius 2 is 2.07 bits per heavy atom. The first kappa shape index (κ1) is 29.2. The number of aromatic nitrogens is 3. The maximum atomic E-state index is 12.5. The van der Waals surface area contributed by atoms with E-state index in [0.29, 0.717) is 26.2 Å². The third-order valence-corrected chi connectivity index (χ3v) is 8.55. The highest BCUT2D eigenvalue weighted by Crippen LogP contribution is 2.36. The topological polar surface area (TPSA) is 108 Å². The number of nitriles is 1. The lowest BCUT2D eigenvalue weighted by Crippen LogP contribution is -2.55. The van der Waals surface area contributed by atoms with Crippen molar-refractivity contribution < 1.29 is 14.3 Å². The van der Waals surface area contributed by atoms with E-state index in [0.717, 1.165) is 54.0 Å². The SMILES string of the molecule is C=CC(=O)N1CCN(c2nc(OCC(C)(S)OC3CC3)nc3c2CCN(c2cncc4cccc(C)c24)C3)C[C@@H]1CC#N. The van der Waals surface area contributed by atoms with Gasteiger partial charge in [-0.1, -0.05) is 24.8 Å². The fraction of sp³-hybridized carbons (Fsp3) is 0.469. The van der Waals surface area contributed by atoms with E-state index < -0.39 is 4.93 Å². The number of nitrogens with zero attached hydrogens (tertiary/aromatic N) is 7. The van der Waals surface area contributed by atoms with Crippen molar-refractivity contribution in [2.75, 3.05) is 42.6 Å². The van der Waals surface area contributed by atoms with Crippen molar-refractivity contribution in [2.24, 2.45) is 0 Å². The van der Waals surface area contributed by atoms with Gasteiger partial charge in [-0.2, -0.15) is 15.2 Å². The first-order valence-electron chi connectivity index (χ1n) is 14.8. The molecule has 2 aromatic heterocycles. The lowest BCUT2D eigenvalue weighted by atomic mass is 10.0. The van der Waals surface area contributed by atoms with Gasteiger partial charge in [0, 0.05) is 48.7 Å². The van der Waals surface area contributed by atoms with Gasteiger partial charge in [-0.05, 0) is 44.7 Å². The molecule has 0 radical (unpaired) electrons. The zero-order valence-corrected chi connectivity index (χ0v) is 25.6. The summed E-state index contributed by atoms with van der Waals surface area (Å²) in [5, 5.41) is 11.8. The first-order chi connectivity index (χ1) is 20.8. The number of benzene rings is 1. The quantitative estimate of drug-likeness (QED) is 0.220. The largest absolute Gasteiger partial charge is 0.459 e. The molecule has 0 N–H and O–H groups in total. The Bertz CT molecular complexity index is 1580. The molecular weight excluding hydrogens is 562 g/mol. The predicted molar refractivity (Wildman–Crippen MR) is 168 cm³/mol. The molecule has 3 aliphatic rings. The minimum absolute atomic E-state index is 0.160. The molecule has 1 saturated carbocycles. The Balaban J connectivity index is 1.33. The minimum Gasteiger partial charge on any atom is -0.459 e. The number of amides is 1. The molecule has 11 heteroatoms. The van der Waals surface area contributed by atoms with E-state index in [1.165, 1.54) is 17.0 Å². The Labute approximate surface area is 257 Å². The summed E-state index contributed by atoms with van der Waals surface area (Å²) < 4.78 is 12.2. The van der Waals surface area contributed by atoms with Crippen molar-refractivity contribution in [3.8, 4) is 12.1 Å². The molecule has 2 fully saturated rings. The standard InChI is InChI=1S/C32H37N7O3S/c1-4-28(40)39-15-14-38(18-23(39)10-12-33)30-25-11-13-37(27-17-34-16-22-7-5-6-21(2)29(22)27)19-26(25)35-31(36-30)41-20-32(3,43)42-24-8-9-24/h4-7,16-17,23-24,43H,1,8-11,13-15,18-20H2,2-3H3/t23-,32?/m0/s1. The average molecular weight is 600 g/mol. The molecule has 1 unspecified atom stereocenters. The number of carbonyl (C=O) groups is 1. The van der Waals surface area contributed by atoms with E-state index in [2.05, 4.69) is 52.6 Å². The number of hydrogen-bond donors (Lipinski definition) is 1. The van der Waals surface area contributed by atoms with E-state index in [4.69, 9.17) is 32.1 Å². The summed E-state index contributed by atoms with van der Waals surface area (Å²) in [6, 6.07) is 8.52. The van der Waals surface area contributed by atoms with Gasteiger partial charge in [-0.25, -0.2) is 0 Å². The van der Waals surface area contributed by atoms with Crippen molar-refractivity contribution in [1.82, 2.24) is 19.9 Å². The number of carbonyl (C=O) groups excluding carboxylic acids is 1. The second-order valence-electron chi connectivity index (χ2n) is 11.7. The smallest absolute Gasteiger partial charge is 0.318 e. The Hall–Kier alpha value is -3.88. The van der Waals surface area contributed by atoms with Crippen molar-refractivity contribution >= 4 is 40.8 Å². The van der Waals surface area contributed by atoms with E-state index >= 15 is 0 Å². The predicted octanol–water partition coefficient (Wildman–Crippen LogP) is 4.22. The first-order valence-corrected chi connectivity index (χ1v) is 15.3. The molecule has 6 rings (SSSR count). The zero-order valence-electron chi connectivity index (χ0n) is 24.7. The number of fused-ring (bicyclic) bond motifs is 2. The molecule has 43 heavy (non-hydrogen) atoms. The number of anilines is 2. The van der Waals surface area contributed by atoms with Crippen LogP contribution in [0.3, 0.4) is 0 Å². The molecule has 0 bridgehead atoms. The second kappa shape index (κ2) is 12.0. The third kappa shape index (κ3) is 6.26. The fourth-order valence-electron chi connectivity index (χ4n) is 6.07. The molecule has 1 saturated heterocycles. The van der Waals surface area contributed by atoms with Crippen molar-refractivity contribution in [3.05, 3.63) is 60.1 Å². The van der Waals surface area contributed by atoms with Gasteiger partial charge in [0.1, 0.15) is 17.4 Å². The van der Waals surface area contributed by atoms with Crippen LogP contribution in [0.2, 0.25) is 0 Å². The van der Waals surface area contributed by atoms with Gasteiger partial charge in [-0.3, -0.25) is 9.78 Å². The Morgan fingerprint density at radius 3 is 2.84 bits per heavy atom. The van der Waals surface area contributed by atoms with Gasteiger partial charge >= 0.3 is 6.01 Å². The van der Waals surface area contributed by atoms with E-state index in [-0.39, 0.29) is 37.1 Å². The molecule has 1 aromatic carbocycles. The summed E-state index contributed by atoms with van der Waals surface area (Å²) in [6.07, 6.45) is 8.42. The lowest BCUT2D eigenvalue weighted by Gasteiger charge is -2.42. The Kier molecular flexibility index (Phi) is 8.16. The molecule has 4 heterocycles. The van der Waals surface area contributed by atoms with Crippen LogP contribution in [0, 0.1) is 18.3 Å². The number of ether oxygens (including phenoxy) is 2. The average Bonchev–Trinajstić information content (AvgIpc) is 3.82. The molecular formula is C32H37N7O3S. The van der Waals surface area contributed by atoms with Gasteiger partial charge in [0.05, 0.1) is 48.8 Å². The number of piperazine rings is 1. The van der Waals surface area contributed by atoms with E-state index in [1.807, 2.05) is 19.3 Å². The maximum absolute atomic E-state index is 12.5. The zero-order chi connectivity index (χ0) is 30.1. The monoisotopic (exact) mass is 599 g/mol. The summed E-state index contributed by atoms with van der Waals surface area (Å²) in [5.41, 5.74) is 4.24. The third-order valence-electron chi connectivity index (χ3n) is 8.32. The molecule has 224 valence electrons. The molecule has 1 aliphatic carbocycles. The Morgan fingerprint density at radius 1 is 1.23 bits per heavy atom. The van der Waals surface area contributed by atoms with Crippen molar-refractivity contribution in [2.45, 2.75) is 63.2 Å². The van der Waals surface area contributed by atoms with Crippen molar-refractivity contribution in [3.63, 3.8) is 0 Å². The molecule has 2 atom stereocenters. The van der Waals surface area contributed by atoms with Crippen LogP contribution in [0.5, 0.6) is 6.01 Å². The minimum atomic E-state index is -0.770. The molecule has 2 aliphatic heterocycles. The van der Waals surface area contributed by atoms with Crippen LogP contribution in [-0.4, -0.2) is 75.6 Å². The summed E-state index contributed by atoms with van der Waals surface area (Å²) in [6.45, 7) is 10.8. The summed E-state index contributed by atoms with van der Waals surface area (Å²) in [4.78, 5) is 32.4. The number of pyridine rings is 1. The fourth-order valence-corrected chi connectivity index (χ4v) is 6.29.